The van der Waals surface area contributed by atoms with Gasteiger partial charge in [0, 0.05) is 18.4 Å². The van der Waals surface area contributed by atoms with Crippen LogP contribution in [0.1, 0.15) is 23.3 Å². The summed E-state index contributed by atoms with van der Waals surface area (Å²) in [5, 5.41) is 5.09. The number of rotatable bonds is 5. The van der Waals surface area contributed by atoms with Crippen molar-refractivity contribution in [1.29, 1.82) is 0 Å². The molecule has 8 nitrogen and oxygen atoms in total. The first-order valence-electron chi connectivity index (χ1n) is 9.12. The summed E-state index contributed by atoms with van der Waals surface area (Å²) in [6.45, 7) is 2.91. The number of aryl methyl sites for hydroxylation is 1. The quantitative estimate of drug-likeness (QED) is 0.517. The van der Waals surface area contributed by atoms with Gasteiger partial charge < -0.3 is 10.5 Å². The molecule has 2 N–H and O–H groups in total. The van der Waals surface area contributed by atoms with E-state index in [1.807, 2.05) is 12.1 Å². The average Bonchev–Trinajstić information content (AvgIpc) is 3.31. The highest BCUT2D eigenvalue weighted by atomic mass is 32.2. The molecule has 3 aromatic rings. The van der Waals surface area contributed by atoms with Crippen LogP contribution in [0.2, 0.25) is 0 Å². The first-order chi connectivity index (χ1) is 13.5. The average molecular weight is 399 g/mol. The summed E-state index contributed by atoms with van der Waals surface area (Å²) in [7, 11) is 0. The standard InChI is InChI=1S/C19H21N5O3S/c1-12-9-16(20)22-24(12)17(25)11-28-19-21-15-7-3-2-6-14(15)18(26)23(19)10-13-5-4-8-27-13/h2-3,6-7,9,13H,4-5,8,10-11H2,1H3,(H2,20,22). The fourth-order valence-corrected chi connectivity index (χ4v) is 4.20. The number of hydrogen-bond donors (Lipinski definition) is 1. The number of benzene rings is 1. The van der Waals surface area contributed by atoms with E-state index in [1.165, 1.54) is 16.4 Å². The fraction of sp³-hybridized carbons (Fsp3) is 0.368. The van der Waals surface area contributed by atoms with Crippen LogP contribution in [0.15, 0.2) is 40.3 Å². The molecule has 1 aliphatic rings. The number of nitrogens with zero attached hydrogens (tertiary/aromatic N) is 4. The Morgan fingerprint density at radius 3 is 2.93 bits per heavy atom. The maximum absolute atomic E-state index is 13.0. The fourth-order valence-electron chi connectivity index (χ4n) is 3.35. The minimum atomic E-state index is -0.217. The Balaban J connectivity index is 1.65. The topological polar surface area (TPSA) is 105 Å². The van der Waals surface area contributed by atoms with Gasteiger partial charge in [0.25, 0.3) is 11.5 Å². The molecule has 4 rings (SSSR count). The molecule has 0 bridgehead atoms. The van der Waals surface area contributed by atoms with Gasteiger partial charge >= 0.3 is 0 Å². The highest BCUT2D eigenvalue weighted by Crippen LogP contribution is 2.21. The molecule has 2 aromatic heterocycles. The lowest BCUT2D eigenvalue weighted by Crippen LogP contribution is -2.29. The Hall–Kier alpha value is -2.65. The Kier molecular flexibility index (Phi) is 5.19. The van der Waals surface area contributed by atoms with Gasteiger partial charge in [-0.25, -0.2) is 9.67 Å². The van der Waals surface area contributed by atoms with Crippen molar-refractivity contribution in [2.24, 2.45) is 0 Å². The lowest BCUT2D eigenvalue weighted by Gasteiger charge is -2.16. The Bertz CT molecular complexity index is 1080. The summed E-state index contributed by atoms with van der Waals surface area (Å²) >= 11 is 1.23. The highest BCUT2D eigenvalue weighted by molar-refractivity contribution is 7.99. The molecule has 1 atom stereocenters. The number of carbonyl (C=O) groups excluding carboxylic acids is 1. The largest absolute Gasteiger partial charge is 0.382 e. The summed E-state index contributed by atoms with van der Waals surface area (Å²) < 4.78 is 8.61. The van der Waals surface area contributed by atoms with Gasteiger partial charge in [0.2, 0.25) is 0 Å². The molecular formula is C19H21N5O3S. The van der Waals surface area contributed by atoms with Crippen molar-refractivity contribution in [2.75, 3.05) is 18.1 Å². The van der Waals surface area contributed by atoms with Crippen LogP contribution >= 0.6 is 11.8 Å². The molecule has 1 aromatic carbocycles. The second kappa shape index (κ2) is 7.76. The number of fused-ring (bicyclic) bond motifs is 1. The van der Waals surface area contributed by atoms with Gasteiger partial charge in [-0.15, -0.1) is 5.10 Å². The van der Waals surface area contributed by atoms with E-state index < -0.39 is 0 Å². The summed E-state index contributed by atoms with van der Waals surface area (Å²) in [5.74, 6) is 0.179. The molecule has 1 saturated heterocycles. The van der Waals surface area contributed by atoms with Crippen LogP contribution in [0.25, 0.3) is 10.9 Å². The van der Waals surface area contributed by atoms with Crippen molar-refractivity contribution < 1.29 is 9.53 Å². The smallest absolute Gasteiger partial charge is 0.262 e. The Morgan fingerprint density at radius 2 is 2.21 bits per heavy atom. The predicted molar refractivity (Wildman–Crippen MR) is 108 cm³/mol. The molecule has 1 fully saturated rings. The number of carbonyl (C=O) groups is 1. The van der Waals surface area contributed by atoms with E-state index in [9.17, 15) is 9.59 Å². The minimum absolute atomic E-state index is 0.0103. The molecule has 0 aliphatic carbocycles. The van der Waals surface area contributed by atoms with Crippen LogP contribution in [-0.4, -0.2) is 43.7 Å². The second-order valence-electron chi connectivity index (χ2n) is 6.77. The van der Waals surface area contributed by atoms with Crippen molar-refractivity contribution in [2.45, 2.75) is 37.6 Å². The van der Waals surface area contributed by atoms with E-state index in [1.54, 1.807) is 29.7 Å². The third kappa shape index (κ3) is 3.67. The van der Waals surface area contributed by atoms with Crippen molar-refractivity contribution in [3.63, 3.8) is 0 Å². The minimum Gasteiger partial charge on any atom is -0.382 e. The molecule has 0 saturated carbocycles. The second-order valence-corrected chi connectivity index (χ2v) is 7.71. The number of nitrogens with two attached hydrogens (primary N) is 1. The van der Waals surface area contributed by atoms with Crippen molar-refractivity contribution >= 4 is 34.4 Å². The van der Waals surface area contributed by atoms with Crippen LogP contribution in [-0.2, 0) is 11.3 Å². The number of thioether (sulfide) groups is 1. The van der Waals surface area contributed by atoms with E-state index in [-0.39, 0.29) is 23.3 Å². The maximum atomic E-state index is 13.0. The molecule has 0 radical (unpaired) electrons. The van der Waals surface area contributed by atoms with E-state index in [4.69, 9.17) is 10.5 Å². The van der Waals surface area contributed by atoms with E-state index in [0.717, 1.165) is 12.8 Å². The number of anilines is 1. The number of para-hydroxylation sites is 1. The lowest BCUT2D eigenvalue weighted by molar-refractivity contribution is 0.0924. The molecule has 3 heterocycles. The third-order valence-electron chi connectivity index (χ3n) is 4.70. The van der Waals surface area contributed by atoms with Crippen LogP contribution in [0, 0.1) is 6.92 Å². The lowest BCUT2D eigenvalue weighted by atomic mass is 10.2. The predicted octanol–water partition coefficient (Wildman–Crippen LogP) is 2.10. The molecule has 1 unspecified atom stereocenters. The number of aromatic nitrogens is 4. The van der Waals surface area contributed by atoms with Crippen LogP contribution in [0.5, 0.6) is 0 Å². The van der Waals surface area contributed by atoms with Gasteiger partial charge in [-0.1, -0.05) is 23.9 Å². The van der Waals surface area contributed by atoms with Gasteiger partial charge in [0.1, 0.15) is 5.82 Å². The zero-order chi connectivity index (χ0) is 19.7. The third-order valence-corrected chi connectivity index (χ3v) is 5.67. The first-order valence-corrected chi connectivity index (χ1v) is 10.1. The Labute approximate surface area is 165 Å². The van der Waals surface area contributed by atoms with Gasteiger partial charge in [0.05, 0.1) is 29.3 Å². The van der Waals surface area contributed by atoms with Crippen molar-refractivity contribution in [3.8, 4) is 0 Å². The normalized spacial score (nSPS) is 16.7. The summed E-state index contributed by atoms with van der Waals surface area (Å²) in [4.78, 5) is 30.2. The van der Waals surface area contributed by atoms with Gasteiger partial charge in [0.15, 0.2) is 5.16 Å². The highest BCUT2D eigenvalue weighted by Gasteiger charge is 2.21. The van der Waals surface area contributed by atoms with Gasteiger partial charge in [-0.05, 0) is 31.9 Å². The molecule has 9 heteroatoms. The summed E-state index contributed by atoms with van der Waals surface area (Å²) in [5.41, 5.74) is 6.83. The monoisotopic (exact) mass is 399 g/mol. The number of hydrogen-bond acceptors (Lipinski definition) is 7. The van der Waals surface area contributed by atoms with E-state index >= 15 is 0 Å². The molecular weight excluding hydrogens is 378 g/mol. The van der Waals surface area contributed by atoms with Crippen molar-refractivity contribution in [3.05, 3.63) is 46.4 Å². The molecule has 0 spiro atoms. The van der Waals surface area contributed by atoms with E-state index in [2.05, 4.69) is 10.1 Å². The first kappa shape index (κ1) is 18.7. The van der Waals surface area contributed by atoms with E-state index in [0.29, 0.717) is 40.7 Å². The zero-order valence-electron chi connectivity index (χ0n) is 15.5. The van der Waals surface area contributed by atoms with Crippen LogP contribution < -0.4 is 11.3 Å². The van der Waals surface area contributed by atoms with Crippen LogP contribution in [0.3, 0.4) is 0 Å². The molecule has 28 heavy (non-hydrogen) atoms. The van der Waals surface area contributed by atoms with Crippen LogP contribution in [0.4, 0.5) is 5.82 Å². The number of ether oxygens (including phenoxy) is 1. The summed E-state index contributed by atoms with van der Waals surface area (Å²) in [6.07, 6.45) is 1.89. The van der Waals surface area contributed by atoms with Crippen molar-refractivity contribution in [1.82, 2.24) is 19.3 Å². The molecule has 146 valence electrons. The van der Waals surface area contributed by atoms with Gasteiger partial charge in [-0.2, -0.15) is 0 Å². The maximum Gasteiger partial charge on any atom is 0.262 e. The SMILES string of the molecule is Cc1cc(N)nn1C(=O)CSc1nc2ccccc2c(=O)n1CC1CCCO1. The number of nitrogen functional groups attached to an aromatic ring is 1. The molecule has 1 aliphatic heterocycles. The Morgan fingerprint density at radius 1 is 1.39 bits per heavy atom. The zero-order valence-corrected chi connectivity index (χ0v) is 16.3. The summed E-state index contributed by atoms with van der Waals surface area (Å²) in [6, 6.07) is 8.88. The van der Waals surface area contributed by atoms with Gasteiger partial charge in [-0.3, -0.25) is 14.2 Å². The molecule has 0 amide bonds.